The Hall–Kier alpha value is -2.01. The van der Waals surface area contributed by atoms with E-state index in [9.17, 15) is 4.79 Å². The first-order valence-electron chi connectivity index (χ1n) is 6.80. The van der Waals surface area contributed by atoms with Gasteiger partial charge in [-0.25, -0.2) is 4.68 Å². The van der Waals surface area contributed by atoms with Gasteiger partial charge >= 0.3 is 0 Å². The van der Waals surface area contributed by atoms with Crippen molar-refractivity contribution in [1.82, 2.24) is 15.0 Å². The van der Waals surface area contributed by atoms with Gasteiger partial charge in [0, 0.05) is 6.61 Å². The van der Waals surface area contributed by atoms with Gasteiger partial charge in [-0.05, 0) is 43.9 Å². The molecule has 104 valence electrons. The lowest BCUT2D eigenvalue weighted by Crippen LogP contribution is -2.10. The standard InChI is InChI=1S/C15H17N3O2/c1-10-5-6-11(2)13(8-10)18-15(12(9-19)16-17-18)14-4-3-7-20-14/h5-6,8-9,14H,3-4,7H2,1-2H3. The quantitative estimate of drug-likeness (QED) is 0.805. The summed E-state index contributed by atoms with van der Waals surface area (Å²) in [6.45, 7) is 4.78. The fourth-order valence-corrected chi connectivity index (χ4v) is 2.60. The predicted molar refractivity (Wildman–Crippen MR) is 74.1 cm³/mol. The molecule has 1 saturated heterocycles. The van der Waals surface area contributed by atoms with Gasteiger partial charge in [0.25, 0.3) is 0 Å². The van der Waals surface area contributed by atoms with E-state index in [1.54, 1.807) is 4.68 Å². The van der Waals surface area contributed by atoms with Crippen LogP contribution in [0.15, 0.2) is 18.2 Å². The number of aryl methyl sites for hydroxylation is 2. The maximum absolute atomic E-state index is 11.2. The molecule has 5 heteroatoms. The van der Waals surface area contributed by atoms with Crippen molar-refractivity contribution in [2.45, 2.75) is 32.8 Å². The van der Waals surface area contributed by atoms with Crippen LogP contribution >= 0.6 is 0 Å². The fourth-order valence-electron chi connectivity index (χ4n) is 2.60. The van der Waals surface area contributed by atoms with Crippen LogP contribution in [0.5, 0.6) is 0 Å². The molecule has 0 saturated carbocycles. The summed E-state index contributed by atoms with van der Waals surface area (Å²) in [4.78, 5) is 11.2. The van der Waals surface area contributed by atoms with E-state index in [4.69, 9.17) is 4.74 Å². The minimum absolute atomic E-state index is 0.0925. The van der Waals surface area contributed by atoms with E-state index in [1.807, 2.05) is 19.9 Å². The van der Waals surface area contributed by atoms with Crippen molar-refractivity contribution < 1.29 is 9.53 Å². The number of nitrogens with zero attached hydrogens (tertiary/aromatic N) is 3. The highest BCUT2D eigenvalue weighted by Gasteiger charge is 2.27. The van der Waals surface area contributed by atoms with Crippen molar-refractivity contribution in [3.63, 3.8) is 0 Å². The van der Waals surface area contributed by atoms with Gasteiger partial charge in [-0.2, -0.15) is 0 Å². The minimum atomic E-state index is -0.0925. The molecule has 0 spiro atoms. The summed E-state index contributed by atoms with van der Waals surface area (Å²) < 4.78 is 7.46. The zero-order valence-corrected chi connectivity index (χ0v) is 11.7. The molecule has 1 fully saturated rings. The lowest BCUT2D eigenvalue weighted by atomic mass is 10.1. The van der Waals surface area contributed by atoms with Crippen LogP contribution in [0.3, 0.4) is 0 Å². The molecule has 5 nitrogen and oxygen atoms in total. The van der Waals surface area contributed by atoms with Crippen LogP contribution in [-0.2, 0) is 4.74 Å². The molecule has 3 rings (SSSR count). The van der Waals surface area contributed by atoms with Gasteiger partial charge in [0.05, 0.1) is 5.69 Å². The van der Waals surface area contributed by atoms with Crippen LogP contribution in [-0.4, -0.2) is 27.9 Å². The number of carbonyl (C=O) groups is 1. The van der Waals surface area contributed by atoms with E-state index in [2.05, 4.69) is 22.4 Å². The maximum Gasteiger partial charge on any atom is 0.172 e. The number of carbonyl (C=O) groups excluding carboxylic acids is 1. The molecule has 1 aliphatic heterocycles. The second-order valence-corrected chi connectivity index (χ2v) is 5.18. The summed E-state index contributed by atoms with van der Waals surface area (Å²) in [5, 5.41) is 8.15. The van der Waals surface area contributed by atoms with Crippen molar-refractivity contribution in [2.75, 3.05) is 6.61 Å². The Labute approximate surface area is 117 Å². The molecule has 1 atom stereocenters. The first-order valence-corrected chi connectivity index (χ1v) is 6.80. The maximum atomic E-state index is 11.2. The number of aldehydes is 1. The van der Waals surface area contributed by atoms with Crippen LogP contribution in [0.25, 0.3) is 5.69 Å². The summed E-state index contributed by atoms with van der Waals surface area (Å²) in [6.07, 6.45) is 2.57. The highest BCUT2D eigenvalue weighted by atomic mass is 16.5. The van der Waals surface area contributed by atoms with Crippen LogP contribution < -0.4 is 0 Å². The number of benzene rings is 1. The Kier molecular flexibility index (Phi) is 3.36. The number of hydrogen-bond donors (Lipinski definition) is 0. The lowest BCUT2D eigenvalue weighted by molar-refractivity contribution is 0.102. The highest BCUT2D eigenvalue weighted by molar-refractivity contribution is 5.74. The molecule has 0 N–H and O–H groups in total. The van der Waals surface area contributed by atoms with Crippen molar-refractivity contribution in [3.05, 3.63) is 40.7 Å². The monoisotopic (exact) mass is 271 g/mol. The lowest BCUT2D eigenvalue weighted by Gasteiger charge is -2.14. The molecular weight excluding hydrogens is 254 g/mol. The van der Waals surface area contributed by atoms with Crippen molar-refractivity contribution in [3.8, 4) is 5.69 Å². The smallest absolute Gasteiger partial charge is 0.172 e. The van der Waals surface area contributed by atoms with Gasteiger partial charge in [0.1, 0.15) is 11.8 Å². The van der Waals surface area contributed by atoms with Crippen molar-refractivity contribution in [2.24, 2.45) is 0 Å². The third-order valence-electron chi connectivity index (χ3n) is 3.67. The van der Waals surface area contributed by atoms with E-state index >= 15 is 0 Å². The van der Waals surface area contributed by atoms with Gasteiger partial charge in [0.2, 0.25) is 0 Å². The minimum Gasteiger partial charge on any atom is -0.372 e. The summed E-state index contributed by atoms with van der Waals surface area (Å²) in [5.41, 5.74) is 4.34. The molecule has 0 aliphatic carbocycles. The van der Waals surface area contributed by atoms with Gasteiger partial charge in [-0.3, -0.25) is 4.79 Å². The first kappa shape index (κ1) is 13.0. The summed E-state index contributed by atoms with van der Waals surface area (Å²) in [6, 6.07) is 6.16. The Bertz CT molecular complexity index is 643. The first-order chi connectivity index (χ1) is 9.70. The van der Waals surface area contributed by atoms with E-state index in [0.717, 1.165) is 48.2 Å². The predicted octanol–water partition coefficient (Wildman–Crippen LogP) is 2.55. The topological polar surface area (TPSA) is 57.0 Å². The summed E-state index contributed by atoms with van der Waals surface area (Å²) in [7, 11) is 0. The van der Waals surface area contributed by atoms with E-state index in [-0.39, 0.29) is 6.10 Å². The number of aromatic nitrogens is 3. The summed E-state index contributed by atoms with van der Waals surface area (Å²) >= 11 is 0. The fraction of sp³-hybridized carbons (Fsp3) is 0.400. The molecule has 0 radical (unpaired) electrons. The Morgan fingerprint density at radius 2 is 2.25 bits per heavy atom. The van der Waals surface area contributed by atoms with Gasteiger partial charge in [0.15, 0.2) is 12.0 Å². The van der Waals surface area contributed by atoms with Crippen molar-refractivity contribution >= 4 is 6.29 Å². The molecule has 0 amide bonds. The van der Waals surface area contributed by atoms with Crippen LogP contribution in [0.4, 0.5) is 0 Å². The Balaban J connectivity index is 2.15. The van der Waals surface area contributed by atoms with E-state index in [1.165, 1.54) is 0 Å². The summed E-state index contributed by atoms with van der Waals surface area (Å²) in [5.74, 6) is 0. The molecule has 0 bridgehead atoms. The van der Waals surface area contributed by atoms with Crippen LogP contribution in [0.2, 0.25) is 0 Å². The third kappa shape index (κ3) is 2.14. The molecule has 2 aromatic rings. The zero-order chi connectivity index (χ0) is 14.1. The van der Waals surface area contributed by atoms with Crippen LogP contribution in [0, 0.1) is 13.8 Å². The van der Waals surface area contributed by atoms with E-state index in [0.29, 0.717) is 5.69 Å². The average molecular weight is 271 g/mol. The SMILES string of the molecule is Cc1ccc(C)c(-n2nnc(C=O)c2C2CCCO2)c1. The Morgan fingerprint density at radius 3 is 2.95 bits per heavy atom. The van der Waals surface area contributed by atoms with Crippen molar-refractivity contribution in [1.29, 1.82) is 0 Å². The molecule has 1 aromatic heterocycles. The molecular formula is C15H17N3O2. The highest BCUT2D eigenvalue weighted by Crippen LogP contribution is 2.31. The van der Waals surface area contributed by atoms with Crippen LogP contribution in [0.1, 0.15) is 46.3 Å². The second-order valence-electron chi connectivity index (χ2n) is 5.18. The largest absolute Gasteiger partial charge is 0.372 e. The third-order valence-corrected chi connectivity index (χ3v) is 3.67. The molecule has 1 unspecified atom stereocenters. The molecule has 2 heterocycles. The molecule has 1 aromatic carbocycles. The average Bonchev–Trinajstić information content (AvgIpc) is 3.08. The molecule has 20 heavy (non-hydrogen) atoms. The van der Waals surface area contributed by atoms with E-state index < -0.39 is 0 Å². The number of ether oxygens (including phenoxy) is 1. The van der Waals surface area contributed by atoms with Gasteiger partial charge in [-0.15, -0.1) is 5.10 Å². The second kappa shape index (κ2) is 5.17. The normalized spacial score (nSPS) is 18.4. The Morgan fingerprint density at radius 1 is 1.40 bits per heavy atom. The number of hydrogen-bond acceptors (Lipinski definition) is 4. The van der Waals surface area contributed by atoms with Gasteiger partial charge < -0.3 is 4.74 Å². The van der Waals surface area contributed by atoms with Gasteiger partial charge in [-0.1, -0.05) is 17.3 Å². The molecule has 1 aliphatic rings. The number of rotatable bonds is 3. The zero-order valence-electron chi connectivity index (χ0n) is 11.7.